The zero-order chi connectivity index (χ0) is 23.8. The molecule has 0 N–H and O–H groups in total. The Morgan fingerprint density at radius 2 is 1.69 bits per heavy atom. The van der Waals surface area contributed by atoms with E-state index < -0.39 is 22.0 Å². The van der Waals surface area contributed by atoms with Gasteiger partial charge in [0.25, 0.3) is 0 Å². The molecule has 0 radical (unpaired) electrons. The van der Waals surface area contributed by atoms with Gasteiger partial charge in [-0.25, -0.2) is 17.7 Å². The third-order valence-electron chi connectivity index (χ3n) is 5.38. The summed E-state index contributed by atoms with van der Waals surface area (Å²) in [4.78, 5) is 30.5. The van der Waals surface area contributed by atoms with Gasteiger partial charge in [0.15, 0.2) is 0 Å². The van der Waals surface area contributed by atoms with Crippen LogP contribution in [0.1, 0.15) is 19.2 Å². The number of sulfonamides is 1. The van der Waals surface area contributed by atoms with Crippen LogP contribution < -0.4 is 0 Å². The van der Waals surface area contributed by atoms with Crippen molar-refractivity contribution in [1.82, 2.24) is 23.7 Å². The van der Waals surface area contributed by atoms with Crippen molar-refractivity contribution < 1.29 is 31.2 Å². The van der Waals surface area contributed by atoms with Gasteiger partial charge in [-0.3, -0.25) is 9.59 Å². The molecule has 0 spiro atoms. The first kappa shape index (κ1) is 24.0. The van der Waals surface area contributed by atoms with Crippen molar-refractivity contribution in [2.45, 2.75) is 31.0 Å². The fourth-order valence-corrected chi connectivity index (χ4v) is 4.48. The molecule has 1 aromatic heterocycles. The number of aromatic nitrogens is 2. The Kier molecular flexibility index (Phi) is 6.52. The standard InChI is InChI=1S/C19H24F3N5O4S/c1-13(28)25-8-10-26(11-9-25)17(29)6-7-27-16-5-4-14(32(30,31)24(2)3)12-15(16)23-18(27)19(20,21)22/h4-5,12H,6-11H2,1-3H3. The zero-order valence-corrected chi connectivity index (χ0v) is 18.7. The molecular weight excluding hydrogens is 451 g/mol. The highest BCUT2D eigenvalue weighted by Gasteiger charge is 2.38. The number of halogens is 3. The molecule has 176 valence electrons. The fraction of sp³-hybridized carbons (Fsp3) is 0.526. The largest absolute Gasteiger partial charge is 0.449 e. The first-order valence-corrected chi connectivity index (χ1v) is 11.3. The summed E-state index contributed by atoms with van der Waals surface area (Å²) in [6.45, 7) is 2.58. The third kappa shape index (κ3) is 4.72. The Bertz CT molecular complexity index is 1140. The van der Waals surface area contributed by atoms with Gasteiger partial charge in [-0.15, -0.1) is 0 Å². The van der Waals surface area contributed by atoms with Crippen LogP contribution in [0.5, 0.6) is 0 Å². The minimum atomic E-state index is -4.78. The van der Waals surface area contributed by atoms with Crippen LogP contribution in [-0.2, 0) is 32.3 Å². The highest BCUT2D eigenvalue weighted by molar-refractivity contribution is 7.89. The lowest BCUT2D eigenvalue weighted by molar-refractivity contribution is -0.147. The summed E-state index contributed by atoms with van der Waals surface area (Å²) in [5, 5.41) is 0. The molecule has 13 heteroatoms. The Balaban J connectivity index is 1.85. The second kappa shape index (κ2) is 8.70. The van der Waals surface area contributed by atoms with Crippen LogP contribution in [0.2, 0.25) is 0 Å². The Morgan fingerprint density at radius 3 is 2.22 bits per heavy atom. The number of piperazine rings is 1. The second-order valence-corrected chi connectivity index (χ2v) is 9.81. The van der Waals surface area contributed by atoms with Crippen LogP contribution in [0.4, 0.5) is 13.2 Å². The number of alkyl halides is 3. The van der Waals surface area contributed by atoms with E-state index in [2.05, 4.69) is 4.98 Å². The number of aryl methyl sites for hydroxylation is 1. The van der Waals surface area contributed by atoms with E-state index in [-0.39, 0.29) is 40.7 Å². The molecule has 1 aliphatic rings. The SMILES string of the molecule is CC(=O)N1CCN(C(=O)CCn2c(C(F)(F)F)nc3cc(S(=O)(=O)N(C)C)ccc32)CC1. The van der Waals surface area contributed by atoms with Gasteiger partial charge < -0.3 is 14.4 Å². The summed E-state index contributed by atoms with van der Waals surface area (Å²) >= 11 is 0. The van der Waals surface area contributed by atoms with Gasteiger partial charge in [-0.05, 0) is 18.2 Å². The van der Waals surface area contributed by atoms with Crippen molar-refractivity contribution in [1.29, 1.82) is 0 Å². The number of carbonyl (C=O) groups excluding carboxylic acids is 2. The predicted molar refractivity (Wildman–Crippen MR) is 109 cm³/mol. The average molecular weight is 475 g/mol. The summed E-state index contributed by atoms with van der Waals surface area (Å²) in [6, 6.07) is 3.59. The van der Waals surface area contributed by atoms with Gasteiger partial charge >= 0.3 is 6.18 Å². The lowest BCUT2D eigenvalue weighted by Gasteiger charge is -2.34. The van der Waals surface area contributed by atoms with Crippen LogP contribution >= 0.6 is 0 Å². The van der Waals surface area contributed by atoms with E-state index >= 15 is 0 Å². The summed E-state index contributed by atoms with van der Waals surface area (Å²) in [5.41, 5.74) is -0.0352. The molecule has 0 aliphatic carbocycles. The maximum absolute atomic E-state index is 13.6. The molecule has 1 fully saturated rings. The Labute approximate surface area is 183 Å². The first-order valence-electron chi connectivity index (χ1n) is 9.85. The number of rotatable bonds is 5. The molecule has 1 aromatic carbocycles. The molecule has 0 saturated carbocycles. The zero-order valence-electron chi connectivity index (χ0n) is 17.9. The molecule has 1 saturated heterocycles. The van der Waals surface area contributed by atoms with Crippen molar-refractivity contribution in [3.8, 4) is 0 Å². The van der Waals surface area contributed by atoms with Crippen molar-refractivity contribution in [2.24, 2.45) is 0 Å². The van der Waals surface area contributed by atoms with E-state index in [1.807, 2.05) is 0 Å². The van der Waals surface area contributed by atoms with E-state index in [1.165, 1.54) is 38.1 Å². The monoisotopic (exact) mass is 475 g/mol. The third-order valence-corrected chi connectivity index (χ3v) is 7.19. The van der Waals surface area contributed by atoms with E-state index in [4.69, 9.17) is 0 Å². The van der Waals surface area contributed by atoms with Gasteiger partial charge in [-0.2, -0.15) is 13.2 Å². The quantitative estimate of drug-likeness (QED) is 0.651. The lowest BCUT2D eigenvalue weighted by Crippen LogP contribution is -2.50. The van der Waals surface area contributed by atoms with Crippen LogP contribution in [0, 0.1) is 0 Å². The smallest absolute Gasteiger partial charge is 0.339 e. The first-order chi connectivity index (χ1) is 14.8. The molecule has 0 atom stereocenters. The molecule has 3 rings (SSSR count). The number of benzene rings is 1. The van der Waals surface area contributed by atoms with Crippen molar-refractivity contribution >= 4 is 32.9 Å². The minimum Gasteiger partial charge on any atom is -0.339 e. The Hall–Kier alpha value is -2.67. The van der Waals surface area contributed by atoms with Gasteiger partial charge in [0.2, 0.25) is 27.7 Å². The summed E-state index contributed by atoms with van der Waals surface area (Å²) in [7, 11) is -1.20. The van der Waals surface area contributed by atoms with Crippen molar-refractivity contribution in [3.05, 3.63) is 24.0 Å². The minimum absolute atomic E-state index is 0.0873. The fourth-order valence-electron chi connectivity index (χ4n) is 3.56. The molecular formula is C19H24F3N5O4S. The maximum atomic E-state index is 13.6. The van der Waals surface area contributed by atoms with Crippen LogP contribution in [0.15, 0.2) is 23.1 Å². The predicted octanol–water partition coefficient (Wildman–Crippen LogP) is 1.39. The van der Waals surface area contributed by atoms with Crippen molar-refractivity contribution in [2.75, 3.05) is 40.3 Å². The summed E-state index contributed by atoms with van der Waals surface area (Å²) in [6.07, 6.45) is -4.97. The topological polar surface area (TPSA) is 95.8 Å². The van der Waals surface area contributed by atoms with E-state index in [1.54, 1.807) is 4.90 Å². The van der Waals surface area contributed by atoms with Crippen LogP contribution in [0.25, 0.3) is 11.0 Å². The highest BCUT2D eigenvalue weighted by Crippen LogP contribution is 2.32. The molecule has 1 aliphatic heterocycles. The summed E-state index contributed by atoms with van der Waals surface area (Å²) < 4.78 is 67.3. The lowest BCUT2D eigenvalue weighted by atomic mass is 10.2. The number of amides is 2. The summed E-state index contributed by atoms with van der Waals surface area (Å²) in [5.74, 6) is -1.61. The van der Waals surface area contributed by atoms with Gasteiger partial charge in [0.1, 0.15) is 0 Å². The van der Waals surface area contributed by atoms with Gasteiger partial charge in [0.05, 0.1) is 15.9 Å². The molecule has 9 nitrogen and oxygen atoms in total. The Morgan fingerprint density at radius 1 is 1.09 bits per heavy atom. The van der Waals surface area contributed by atoms with Crippen molar-refractivity contribution in [3.63, 3.8) is 0 Å². The van der Waals surface area contributed by atoms with E-state index in [0.29, 0.717) is 26.2 Å². The molecule has 0 unspecified atom stereocenters. The van der Waals surface area contributed by atoms with Gasteiger partial charge in [0, 0.05) is 60.2 Å². The van der Waals surface area contributed by atoms with Gasteiger partial charge in [-0.1, -0.05) is 0 Å². The number of nitrogens with zero attached hydrogens (tertiary/aromatic N) is 5. The number of carbonyl (C=O) groups is 2. The molecule has 0 bridgehead atoms. The molecule has 2 amide bonds. The highest BCUT2D eigenvalue weighted by atomic mass is 32.2. The van der Waals surface area contributed by atoms with E-state index in [9.17, 15) is 31.2 Å². The average Bonchev–Trinajstić information content (AvgIpc) is 3.10. The number of hydrogen-bond acceptors (Lipinski definition) is 5. The van der Waals surface area contributed by atoms with Crippen LogP contribution in [-0.4, -0.2) is 84.2 Å². The van der Waals surface area contributed by atoms with Crippen LogP contribution in [0.3, 0.4) is 0 Å². The normalized spacial score (nSPS) is 15.6. The number of imidazole rings is 1. The number of fused-ring (bicyclic) bond motifs is 1. The number of hydrogen-bond donors (Lipinski definition) is 0. The maximum Gasteiger partial charge on any atom is 0.449 e. The second-order valence-electron chi connectivity index (χ2n) is 7.66. The molecule has 32 heavy (non-hydrogen) atoms. The molecule has 2 heterocycles. The molecule has 2 aromatic rings. The van der Waals surface area contributed by atoms with E-state index in [0.717, 1.165) is 14.9 Å².